The first-order valence-electron chi connectivity index (χ1n) is 9.74. The Labute approximate surface area is 151 Å². The zero-order valence-electron chi connectivity index (χ0n) is 15.9. The van der Waals surface area contributed by atoms with Crippen LogP contribution in [-0.2, 0) is 11.2 Å². The third-order valence-corrected chi connectivity index (χ3v) is 5.05. The maximum Gasteiger partial charge on any atom is 0.407 e. The molecule has 2 aliphatic carbocycles. The molecule has 0 aromatic heterocycles. The molecule has 0 spiro atoms. The molecule has 2 N–H and O–H groups in total. The summed E-state index contributed by atoms with van der Waals surface area (Å²) in [6.45, 7) is 7.39. The number of alkyl carbamates (subject to hydrolysis) is 1. The van der Waals surface area contributed by atoms with Gasteiger partial charge >= 0.3 is 6.09 Å². The summed E-state index contributed by atoms with van der Waals surface area (Å²) in [7, 11) is 0. The number of aryl methyl sites for hydroxylation is 1. The Morgan fingerprint density at radius 2 is 2.04 bits per heavy atom. The van der Waals surface area contributed by atoms with Crippen molar-refractivity contribution in [3.8, 4) is 0 Å². The van der Waals surface area contributed by atoms with Crippen LogP contribution in [0.2, 0.25) is 0 Å². The molecule has 3 rings (SSSR count). The van der Waals surface area contributed by atoms with Gasteiger partial charge in [0.15, 0.2) is 0 Å². The van der Waals surface area contributed by atoms with Crippen molar-refractivity contribution in [1.82, 2.24) is 5.32 Å². The van der Waals surface area contributed by atoms with Crippen molar-refractivity contribution in [1.29, 1.82) is 0 Å². The summed E-state index contributed by atoms with van der Waals surface area (Å²) in [5.41, 5.74) is 3.60. The van der Waals surface area contributed by atoms with Gasteiger partial charge in [0.1, 0.15) is 5.60 Å². The van der Waals surface area contributed by atoms with E-state index in [-0.39, 0.29) is 6.09 Å². The Kier molecular flexibility index (Phi) is 5.55. The van der Waals surface area contributed by atoms with Gasteiger partial charge in [0.25, 0.3) is 0 Å². The number of nitrogens with one attached hydrogen (secondary N) is 2. The number of fused-ring (bicyclic) bond motifs is 1. The molecule has 138 valence electrons. The van der Waals surface area contributed by atoms with Gasteiger partial charge in [-0.15, -0.1) is 0 Å². The zero-order chi connectivity index (χ0) is 17.9. The number of rotatable bonds is 6. The second kappa shape index (κ2) is 7.67. The first kappa shape index (κ1) is 18.1. The van der Waals surface area contributed by atoms with E-state index in [0.29, 0.717) is 12.5 Å². The normalized spacial score (nSPS) is 19.9. The van der Waals surface area contributed by atoms with Gasteiger partial charge in [0.05, 0.1) is 0 Å². The number of anilines is 1. The van der Waals surface area contributed by atoms with Crippen molar-refractivity contribution in [2.75, 3.05) is 18.4 Å². The van der Waals surface area contributed by atoms with Crippen LogP contribution in [0.25, 0.3) is 0 Å². The van der Waals surface area contributed by atoms with Crippen molar-refractivity contribution in [2.45, 2.75) is 70.8 Å². The van der Waals surface area contributed by atoms with Crippen LogP contribution in [0.4, 0.5) is 10.5 Å². The third kappa shape index (κ3) is 5.65. The van der Waals surface area contributed by atoms with Crippen LogP contribution in [0.5, 0.6) is 0 Å². The molecule has 2 aliphatic rings. The van der Waals surface area contributed by atoms with Crippen molar-refractivity contribution >= 4 is 11.8 Å². The minimum Gasteiger partial charge on any atom is -0.444 e. The maximum atomic E-state index is 11.9. The summed E-state index contributed by atoms with van der Waals surface area (Å²) in [5.74, 6) is 1.35. The maximum absolute atomic E-state index is 11.9. The predicted octanol–water partition coefficient (Wildman–Crippen LogP) is 4.84. The standard InChI is InChI=1S/C21H32N2O2/c1-21(2,3)25-20(24)23-14-17-6-4-5-16-13-18(9-10-19(16)17)22-12-11-15-7-8-15/h9-10,13,15,17,22H,4-8,11-12,14H2,1-3H3,(H,23,24)/t17-/m0/s1. The molecule has 0 aliphatic heterocycles. The van der Waals surface area contributed by atoms with Gasteiger partial charge in [-0.3, -0.25) is 0 Å². The minimum absolute atomic E-state index is 0.321. The summed E-state index contributed by atoms with van der Waals surface area (Å²) < 4.78 is 5.34. The molecule has 1 fully saturated rings. The monoisotopic (exact) mass is 344 g/mol. The molecule has 0 unspecified atom stereocenters. The molecular formula is C21H32N2O2. The second-order valence-electron chi connectivity index (χ2n) is 8.54. The largest absolute Gasteiger partial charge is 0.444 e. The van der Waals surface area contributed by atoms with E-state index in [0.717, 1.165) is 25.3 Å². The van der Waals surface area contributed by atoms with E-state index in [2.05, 4.69) is 28.8 Å². The van der Waals surface area contributed by atoms with Gasteiger partial charge in [-0.05, 0) is 75.6 Å². The molecule has 4 nitrogen and oxygen atoms in total. The third-order valence-electron chi connectivity index (χ3n) is 5.05. The summed E-state index contributed by atoms with van der Waals surface area (Å²) in [5, 5.41) is 6.51. The van der Waals surface area contributed by atoms with Crippen LogP contribution in [0.3, 0.4) is 0 Å². The lowest BCUT2D eigenvalue weighted by molar-refractivity contribution is 0.0523. The Morgan fingerprint density at radius 3 is 2.76 bits per heavy atom. The van der Waals surface area contributed by atoms with Gasteiger partial charge in [-0.2, -0.15) is 0 Å². The number of hydrogen-bond donors (Lipinski definition) is 2. The van der Waals surface area contributed by atoms with Crippen LogP contribution in [-0.4, -0.2) is 24.8 Å². The zero-order valence-corrected chi connectivity index (χ0v) is 15.9. The van der Waals surface area contributed by atoms with Crippen molar-refractivity contribution in [3.63, 3.8) is 0 Å². The van der Waals surface area contributed by atoms with Crippen LogP contribution in [0.1, 0.15) is 69.9 Å². The molecule has 4 heteroatoms. The Balaban J connectivity index is 1.54. The molecule has 1 amide bonds. The first-order valence-corrected chi connectivity index (χ1v) is 9.74. The lowest BCUT2D eigenvalue weighted by atomic mass is 9.82. The number of benzene rings is 1. The summed E-state index contributed by atoms with van der Waals surface area (Å²) in [4.78, 5) is 11.9. The van der Waals surface area contributed by atoms with Crippen LogP contribution < -0.4 is 10.6 Å². The Morgan fingerprint density at radius 1 is 1.24 bits per heavy atom. The fraction of sp³-hybridized carbons (Fsp3) is 0.667. The van der Waals surface area contributed by atoms with E-state index in [1.165, 1.54) is 42.5 Å². The number of carbonyl (C=O) groups is 1. The van der Waals surface area contributed by atoms with E-state index >= 15 is 0 Å². The lowest BCUT2D eigenvalue weighted by Gasteiger charge is -2.27. The highest BCUT2D eigenvalue weighted by Crippen LogP contribution is 2.34. The van der Waals surface area contributed by atoms with Crippen LogP contribution in [0, 0.1) is 5.92 Å². The molecule has 25 heavy (non-hydrogen) atoms. The van der Waals surface area contributed by atoms with Gasteiger partial charge in [-0.25, -0.2) is 4.79 Å². The van der Waals surface area contributed by atoms with E-state index in [1.54, 1.807) is 0 Å². The SMILES string of the molecule is CC(C)(C)OC(=O)NC[C@@H]1CCCc2cc(NCCC3CC3)ccc21. The molecule has 0 bridgehead atoms. The molecule has 0 radical (unpaired) electrons. The molecule has 1 saturated carbocycles. The van der Waals surface area contributed by atoms with Crippen LogP contribution >= 0.6 is 0 Å². The average Bonchev–Trinajstić information content (AvgIpc) is 3.35. The van der Waals surface area contributed by atoms with Gasteiger partial charge in [0, 0.05) is 24.7 Å². The van der Waals surface area contributed by atoms with Gasteiger partial charge < -0.3 is 15.4 Å². The predicted molar refractivity (Wildman–Crippen MR) is 102 cm³/mol. The molecule has 0 heterocycles. The fourth-order valence-corrected chi connectivity index (χ4v) is 3.58. The van der Waals surface area contributed by atoms with Crippen molar-refractivity contribution < 1.29 is 9.53 Å². The molecule has 1 atom stereocenters. The highest BCUT2D eigenvalue weighted by Gasteiger charge is 2.23. The van der Waals surface area contributed by atoms with Crippen molar-refractivity contribution in [3.05, 3.63) is 29.3 Å². The fourth-order valence-electron chi connectivity index (χ4n) is 3.58. The van der Waals surface area contributed by atoms with Crippen molar-refractivity contribution in [2.24, 2.45) is 5.92 Å². The summed E-state index contributed by atoms with van der Waals surface area (Å²) in [6.07, 6.45) is 7.24. The van der Waals surface area contributed by atoms with Gasteiger partial charge in [-0.1, -0.05) is 18.9 Å². The number of hydrogen-bond acceptors (Lipinski definition) is 3. The van der Waals surface area contributed by atoms with E-state index < -0.39 is 5.60 Å². The minimum atomic E-state index is -0.449. The smallest absolute Gasteiger partial charge is 0.407 e. The first-order chi connectivity index (χ1) is 11.9. The number of ether oxygens (including phenoxy) is 1. The lowest BCUT2D eigenvalue weighted by Crippen LogP contribution is -2.35. The van der Waals surface area contributed by atoms with Gasteiger partial charge in [0.2, 0.25) is 0 Å². The number of carbonyl (C=O) groups excluding carboxylic acids is 1. The topological polar surface area (TPSA) is 50.4 Å². The molecule has 1 aromatic rings. The summed E-state index contributed by atoms with van der Waals surface area (Å²) >= 11 is 0. The van der Waals surface area contributed by atoms with E-state index in [4.69, 9.17) is 4.74 Å². The average molecular weight is 344 g/mol. The summed E-state index contributed by atoms with van der Waals surface area (Å²) in [6, 6.07) is 6.74. The number of amides is 1. The Hall–Kier alpha value is -1.71. The van der Waals surface area contributed by atoms with E-state index in [9.17, 15) is 4.79 Å². The molecule has 0 saturated heterocycles. The highest BCUT2D eigenvalue weighted by molar-refractivity contribution is 5.67. The molecule has 1 aromatic carbocycles. The van der Waals surface area contributed by atoms with E-state index in [1.807, 2.05) is 20.8 Å². The second-order valence-corrected chi connectivity index (χ2v) is 8.54. The quantitative estimate of drug-likeness (QED) is 0.776. The van der Waals surface area contributed by atoms with Crippen LogP contribution in [0.15, 0.2) is 18.2 Å². The Bertz CT molecular complexity index is 602. The molecular weight excluding hydrogens is 312 g/mol. The highest BCUT2D eigenvalue weighted by atomic mass is 16.6.